The number of halogens is 1. The Labute approximate surface area is 125 Å². The smallest absolute Gasteiger partial charge is 0.184 e. The van der Waals surface area contributed by atoms with Crippen molar-refractivity contribution in [2.75, 3.05) is 0 Å². The van der Waals surface area contributed by atoms with Crippen molar-refractivity contribution >= 4 is 5.78 Å². The monoisotopic (exact) mass is 300 g/mol. The third-order valence-electron chi connectivity index (χ3n) is 3.19. The number of aromatic nitrogens is 4. The zero-order chi connectivity index (χ0) is 15.4. The zero-order valence-electron chi connectivity index (χ0n) is 11.6. The highest BCUT2D eigenvalue weighted by Gasteiger charge is 2.13. The quantitative estimate of drug-likeness (QED) is 0.654. The van der Waals surface area contributed by atoms with E-state index in [1.54, 1.807) is 35.3 Å². The Hall–Kier alpha value is -2.83. The number of carbonyl (C=O) groups excluding carboxylic acids is 1. The lowest BCUT2D eigenvalue weighted by molar-refractivity contribution is 0.0969. The van der Waals surface area contributed by atoms with Crippen LogP contribution in [0.4, 0.5) is 4.39 Å². The fraction of sp³-hybridized carbons (Fsp3) is 0.200. The number of carbonyl (C=O) groups is 1. The standard InChI is InChI=1S/C15H13FN4O2/c16-12-5-3-11(4-6-12)15-10-13(18-22-15)14(21)2-1-8-20-9-7-17-19-20/h3-7,9-10H,1-2,8H2. The SMILES string of the molecule is O=C(CCCn1ccnn1)c1cc(-c2ccc(F)cc2)on1. The highest BCUT2D eigenvalue weighted by molar-refractivity contribution is 5.94. The lowest BCUT2D eigenvalue weighted by Gasteiger charge is -1.98. The Bertz CT molecular complexity index is 750. The molecule has 6 nitrogen and oxygen atoms in total. The van der Waals surface area contributed by atoms with Crippen molar-refractivity contribution in [3.8, 4) is 11.3 Å². The number of benzene rings is 1. The Kier molecular flexibility index (Phi) is 4.04. The van der Waals surface area contributed by atoms with Gasteiger partial charge in [0.15, 0.2) is 11.5 Å². The summed E-state index contributed by atoms with van der Waals surface area (Å²) in [6.07, 6.45) is 4.32. The van der Waals surface area contributed by atoms with Crippen LogP contribution in [-0.4, -0.2) is 25.9 Å². The van der Waals surface area contributed by atoms with Gasteiger partial charge in [0.25, 0.3) is 0 Å². The van der Waals surface area contributed by atoms with Crippen LogP contribution in [0.3, 0.4) is 0 Å². The van der Waals surface area contributed by atoms with Gasteiger partial charge >= 0.3 is 0 Å². The number of hydrogen-bond donors (Lipinski definition) is 0. The van der Waals surface area contributed by atoms with Crippen LogP contribution in [0.2, 0.25) is 0 Å². The molecule has 0 aliphatic rings. The maximum atomic E-state index is 12.9. The van der Waals surface area contributed by atoms with Crippen molar-refractivity contribution in [3.05, 3.63) is 54.2 Å². The largest absolute Gasteiger partial charge is 0.356 e. The van der Waals surface area contributed by atoms with Gasteiger partial charge in [0.1, 0.15) is 11.5 Å². The highest BCUT2D eigenvalue weighted by atomic mass is 19.1. The fourth-order valence-electron chi connectivity index (χ4n) is 2.04. The molecule has 0 saturated carbocycles. The molecule has 0 N–H and O–H groups in total. The van der Waals surface area contributed by atoms with E-state index in [9.17, 15) is 9.18 Å². The van der Waals surface area contributed by atoms with Crippen molar-refractivity contribution in [2.24, 2.45) is 0 Å². The molecule has 0 bridgehead atoms. The molecular formula is C15H13FN4O2. The Balaban J connectivity index is 1.60. The van der Waals surface area contributed by atoms with Crippen LogP contribution >= 0.6 is 0 Å². The van der Waals surface area contributed by atoms with E-state index in [-0.39, 0.29) is 17.3 Å². The molecule has 3 rings (SSSR count). The second-order valence-electron chi connectivity index (χ2n) is 4.78. The van der Waals surface area contributed by atoms with E-state index < -0.39 is 0 Å². The summed E-state index contributed by atoms with van der Waals surface area (Å²) in [5, 5.41) is 11.3. The van der Waals surface area contributed by atoms with E-state index in [1.165, 1.54) is 12.1 Å². The number of aryl methyl sites for hydroxylation is 1. The minimum absolute atomic E-state index is 0.0998. The first-order valence-corrected chi connectivity index (χ1v) is 6.82. The van der Waals surface area contributed by atoms with Crippen molar-refractivity contribution in [1.82, 2.24) is 20.2 Å². The van der Waals surface area contributed by atoms with Crippen LogP contribution in [0, 0.1) is 5.82 Å². The molecule has 2 heterocycles. The predicted octanol–water partition coefficient (Wildman–Crippen LogP) is 2.74. The van der Waals surface area contributed by atoms with E-state index in [1.807, 2.05) is 0 Å². The van der Waals surface area contributed by atoms with Crippen LogP contribution in [0.25, 0.3) is 11.3 Å². The average Bonchev–Trinajstić information content (AvgIpc) is 3.19. The molecule has 0 radical (unpaired) electrons. The molecule has 2 aromatic heterocycles. The first-order chi connectivity index (χ1) is 10.7. The van der Waals surface area contributed by atoms with E-state index >= 15 is 0 Å². The average molecular weight is 300 g/mol. The molecule has 0 saturated heterocycles. The van der Waals surface area contributed by atoms with Gasteiger partial charge in [-0.15, -0.1) is 5.10 Å². The van der Waals surface area contributed by atoms with Gasteiger partial charge in [0.2, 0.25) is 0 Å². The minimum Gasteiger partial charge on any atom is -0.356 e. The molecule has 3 aromatic rings. The summed E-state index contributed by atoms with van der Waals surface area (Å²) in [6, 6.07) is 7.39. The zero-order valence-corrected chi connectivity index (χ0v) is 11.6. The summed E-state index contributed by atoms with van der Waals surface area (Å²) in [5.74, 6) is 0.0181. The molecular weight excluding hydrogens is 287 g/mol. The van der Waals surface area contributed by atoms with Crippen LogP contribution < -0.4 is 0 Å². The van der Waals surface area contributed by atoms with E-state index in [0.717, 1.165) is 0 Å². The number of hydrogen-bond acceptors (Lipinski definition) is 5. The van der Waals surface area contributed by atoms with Crippen molar-refractivity contribution in [1.29, 1.82) is 0 Å². The number of rotatable bonds is 6. The molecule has 1 aromatic carbocycles. The van der Waals surface area contributed by atoms with E-state index in [4.69, 9.17) is 4.52 Å². The van der Waals surface area contributed by atoms with Crippen molar-refractivity contribution in [2.45, 2.75) is 19.4 Å². The first-order valence-electron chi connectivity index (χ1n) is 6.82. The van der Waals surface area contributed by atoms with Crippen molar-refractivity contribution < 1.29 is 13.7 Å². The van der Waals surface area contributed by atoms with Gasteiger partial charge in [0, 0.05) is 30.8 Å². The molecule has 0 atom stereocenters. The summed E-state index contributed by atoms with van der Waals surface area (Å²) in [6.45, 7) is 0.619. The summed E-state index contributed by atoms with van der Waals surface area (Å²) < 4.78 is 19.7. The molecule has 0 fully saturated rings. The van der Waals surface area contributed by atoms with Crippen LogP contribution in [-0.2, 0) is 6.54 Å². The third-order valence-corrected chi connectivity index (χ3v) is 3.19. The van der Waals surface area contributed by atoms with Gasteiger partial charge in [-0.1, -0.05) is 10.4 Å². The molecule has 7 heteroatoms. The van der Waals surface area contributed by atoms with E-state index in [0.29, 0.717) is 30.7 Å². The van der Waals surface area contributed by atoms with Gasteiger partial charge in [-0.2, -0.15) is 0 Å². The number of nitrogens with zero attached hydrogens (tertiary/aromatic N) is 4. The van der Waals surface area contributed by atoms with Crippen LogP contribution in [0.5, 0.6) is 0 Å². The molecule has 0 spiro atoms. The maximum absolute atomic E-state index is 12.9. The molecule has 112 valence electrons. The maximum Gasteiger partial charge on any atom is 0.184 e. The lowest BCUT2D eigenvalue weighted by atomic mass is 10.1. The minimum atomic E-state index is -0.326. The van der Waals surface area contributed by atoms with Gasteiger partial charge in [-0.25, -0.2) is 4.39 Å². The van der Waals surface area contributed by atoms with Crippen molar-refractivity contribution in [3.63, 3.8) is 0 Å². The van der Waals surface area contributed by atoms with Crippen LogP contribution in [0.1, 0.15) is 23.3 Å². The summed E-state index contributed by atoms with van der Waals surface area (Å²) in [4.78, 5) is 12.0. The Morgan fingerprint density at radius 2 is 2.09 bits per heavy atom. The van der Waals surface area contributed by atoms with Gasteiger partial charge in [-0.05, 0) is 30.7 Å². The first kappa shape index (κ1) is 14.1. The lowest BCUT2D eigenvalue weighted by Crippen LogP contribution is -2.04. The summed E-state index contributed by atoms with van der Waals surface area (Å²) >= 11 is 0. The van der Waals surface area contributed by atoms with Gasteiger partial charge < -0.3 is 4.52 Å². The molecule has 0 amide bonds. The van der Waals surface area contributed by atoms with E-state index in [2.05, 4.69) is 15.5 Å². The number of Topliss-reactive ketones (excluding diaryl/α,β-unsaturated/α-hetero) is 1. The molecule has 0 aliphatic carbocycles. The topological polar surface area (TPSA) is 73.8 Å². The second-order valence-corrected chi connectivity index (χ2v) is 4.78. The summed E-state index contributed by atoms with van der Waals surface area (Å²) in [7, 11) is 0. The normalized spacial score (nSPS) is 10.8. The molecule has 0 aliphatic heterocycles. The second kappa shape index (κ2) is 6.30. The Morgan fingerprint density at radius 3 is 2.82 bits per heavy atom. The number of ketones is 1. The van der Waals surface area contributed by atoms with Crippen LogP contribution in [0.15, 0.2) is 47.2 Å². The molecule has 22 heavy (non-hydrogen) atoms. The Morgan fingerprint density at radius 1 is 1.27 bits per heavy atom. The van der Waals surface area contributed by atoms with Gasteiger partial charge in [0.05, 0.1) is 6.20 Å². The fourth-order valence-corrected chi connectivity index (χ4v) is 2.04. The third kappa shape index (κ3) is 3.25. The summed E-state index contributed by atoms with van der Waals surface area (Å²) in [5.41, 5.74) is 0.952. The predicted molar refractivity (Wildman–Crippen MR) is 75.5 cm³/mol. The molecule has 0 unspecified atom stereocenters. The highest BCUT2D eigenvalue weighted by Crippen LogP contribution is 2.21. The van der Waals surface area contributed by atoms with Gasteiger partial charge in [-0.3, -0.25) is 9.48 Å².